The maximum absolute atomic E-state index is 12.5. The van der Waals surface area contributed by atoms with Gasteiger partial charge in [0.25, 0.3) is 0 Å². The van der Waals surface area contributed by atoms with Gasteiger partial charge in [0.15, 0.2) is 0 Å². The van der Waals surface area contributed by atoms with E-state index in [0.717, 1.165) is 38.4 Å². The summed E-state index contributed by atoms with van der Waals surface area (Å²) in [6.45, 7) is 8.41. The molecule has 2 amide bonds. The average molecular weight is 400 g/mol. The van der Waals surface area contributed by atoms with Crippen LogP contribution in [0.5, 0.6) is 0 Å². The van der Waals surface area contributed by atoms with Crippen molar-refractivity contribution in [1.82, 2.24) is 9.80 Å². The fourth-order valence-corrected chi connectivity index (χ4v) is 3.79. The number of hydrogen-bond donors (Lipinski definition) is 1. The molecule has 1 fully saturated rings. The Morgan fingerprint density at radius 1 is 0.933 bits per heavy atom. The van der Waals surface area contributed by atoms with Crippen LogP contribution in [0.3, 0.4) is 0 Å². The Morgan fingerprint density at radius 3 is 2.37 bits per heavy atom. The van der Waals surface area contributed by atoms with E-state index in [1.807, 2.05) is 36.1 Å². The Morgan fingerprint density at radius 2 is 1.63 bits per heavy atom. The summed E-state index contributed by atoms with van der Waals surface area (Å²) in [7, 11) is 0. The Labute approximate surface area is 178 Å². The third-order valence-electron chi connectivity index (χ3n) is 5.82. The molecule has 0 aromatic heterocycles. The first-order valence-corrected chi connectivity index (χ1v) is 10.6. The maximum Gasteiger partial charge on any atom is 0.321 e. The predicted molar refractivity (Wildman–Crippen MR) is 126 cm³/mol. The fraction of sp³-hybridized carbons (Fsp3) is 0.269. The maximum atomic E-state index is 12.5. The number of hydrogen-bond acceptors (Lipinski definition) is 2. The van der Waals surface area contributed by atoms with Gasteiger partial charge in [-0.1, -0.05) is 60.2 Å². The molecule has 3 aromatic rings. The quantitative estimate of drug-likeness (QED) is 0.637. The van der Waals surface area contributed by atoms with Gasteiger partial charge in [0.05, 0.1) is 0 Å². The Balaban J connectivity index is 1.29. The zero-order valence-electron chi connectivity index (χ0n) is 17.8. The van der Waals surface area contributed by atoms with Gasteiger partial charge in [-0.15, -0.1) is 0 Å². The number of benzene rings is 3. The third-order valence-corrected chi connectivity index (χ3v) is 5.82. The fourth-order valence-electron chi connectivity index (χ4n) is 3.79. The van der Waals surface area contributed by atoms with Crippen molar-refractivity contribution < 1.29 is 4.79 Å². The van der Waals surface area contributed by atoms with Crippen LogP contribution in [0.4, 0.5) is 10.5 Å². The summed E-state index contributed by atoms with van der Waals surface area (Å²) >= 11 is 0. The largest absolute Gasteiger partial charge is 0.322 e. The molecule has 3 aromatic carbocycles. The van der Waals surface area contributed by atoms with Gasteiger partial charge in [0.1, 0.15) is 0 Å². The lowest BCUT2D eigenvalue weighted by Gasteiger charge is -2.34. The van der Waals surface area contributed by atoms with Crippen molar-refractivity contribution in [2.45, 2.75) is 13.8 Å². The highest BCUT2D eigenvalue weighted by atomic mass is 16.2. The van der Waals surface area contributed by atoms with E-state index in [4.69, 9.17) is 0 Å². The van der Waals surface area contributed by atoms with Crippen LogP contribution in [-0.2, 0) is 0 Å². The number of allylic oxidation sites excluding steroid dienone is 1. The monoisotopic (exact) mass is 399 g/mol. The molecule has 1 aliphatic heterocycles. The Bertz CT molecular complexity index is 1050. The standard InChI is InChI=1S/C26H29N3O/c1-20-7-11-25(12-8-20)27-26(30)29-17-15-28(16-18-29)14-13-21(2)23-10-9-22-5-3-4-6-24(22)19-23/h3-13,19H,14-18H2,1-2H3,(H,27,30)/b21-13+. The molecular formula is C26H29N3O. The lowest BCUT2D eigenvalue weighted by molar-refractivity contribution is 0.156. The van der Waals surface area contributed by atoms with Crippen LogP contribution < -0.4 is 5.32 Å². The highest BCUT2D eigenvalue weighted by molar-refractivity contribution is 5.89. The van der Waals surface area contributed by atoms with Crippen molar-refractivity contribution >= 4 is 28.1 Å². The highest BCUT2D eigenvalue weighted by Gasteiger charge is 2.20. The summed E-state index contributed by atoms with van der Waals surface area (Å²) < 4.78 is 0. The van der Waals surface area contributed by atoms with Crippen molar-refractivity contribution in [1.29, 1.82) is 0 Å². The highest BCUT2D eigenvalue weighted by Crippen LogP contribution is 2.21. The van der Waals surface area contributed by atoms with Crippen molar-refractivity contribution in [2.75, 3.05) is 38.0 Å². The Hall–Kier alpha value is -3.11. The molecule has 154 valence electrons. The summed E-state index contributed by atoms with van der Waals surface area (Å²) in [4.78, 5) is 16.8. The van der Waals surface area contributed by atoms with Crippen LogP contribution in [-0.4, -0.2) is 48.6 Å². The van der Waals surface area contributed by atoms with Gasteiger partial charge in [0.2, 0.25) is 0 Å². The number of aryl methyl sites for hydroxylation is 1. The number of anilines is 1. The molecule has 1 saturated heterocycles. The second kappa shape index (κ2) is 9.14. The summed E-state index contributed by atoms with van der Waals surface area (Å²) in [6.07, 6.45) is 2.30. The summed E-state index contributed by atoms with van der Waals surface area (Å²) in [5, 5.41) is 5.54. The van der Waals surface area contributed by atoms with Gasteiger partial charge < -0.3 is 10.2 Å². The molecule has 4 heteroatoms. The second-order valence-electron chi connectivity index (χ2n) is 8.03. The van der Waals surface area contributed by atoms with Crippen LogP contribution in [0.2, 0.25) is 0 Å². The van der Waals surface area contributed by atoms with E-state index in [1.54, 1.807) is 0 Å². The minimum Gasteiger partial charge on any atom is -0.322 e. The van der Waals surface area contributed by atoms with E-state index in [2.05, 4.69) is 65.7 Å². The number of urea groups is 1. The lowest BCUT2D eigenvalue weighted by atomic mass is 10.0. The first kappa shape index (κ1) is 20.2. The number of fused-ring (bicyclic) bond motifs is 1. The van der Waals surface area contributed by atoms with Crippen LogP contribution >= 0.6 is 0 Å². The van der Waals surface area contributed by atoms with E-state index in [-0.39, 0.29) is 6.03 Å². The number of amides is 2. The smallest absolute Gasteiger partial charge is 0.321 e. The van der Waals surface area contributed by atoms with Gasteiger partial charge in [-0.25, -0.2) is 4.79 Å². The summed E-state index contributed by atoms with van der Waals surface area (Å²) in [5.74, 6) is 0. The molecule has 0 spiro atoms. The minimum atomic E-state index is -0.0126. The number of rotatable bonds is 4. The molecule has 0 aliphatic carbocycles. The zero-order chi connectivity index (χ0) is 20.9. The molecule has 0 atom stereocenters. The molecule has 4 nitrogen and oxygen atoms in total. The average Bonchev–Trinajstić information content (AvgIpc) is 2.79. The number of carbonyl (C=O) groups excluding carboxylic acids is 1. The van der Waals surface area contributed by atoms with E-state index in [1.165, 1.54) is 27.5 Å². The second-order valence-corrected chi connectivity index (χ2v) is 8.03. The number of piperazine rings is 1. The number of carbonyl (C=O) groups is 1. The molecular weight excluding hydrogens is 370 g/mol. The van der Waals surface area contributed by atoms with Gasteiger partial charge in [-0.3, -0.25) is 4.90 Å². The topological polar surface area (TPSA) is 35.6 Å². The van der Waals surface area contributed by atoms with E-state index < -0.39 is 0 Å². The molecule has 0 saturated carbocycles. The zero-order valence-corrected chi connectivity index (χ0v) is 17.8. The number of nitrogens with zero attached hydrogens (tertiary/aromatic N) is 2. The van der Waals surface area contributed by atoms with E-state index in [9.17, 15) is 4.79 Å². The molecule has 1 aliphatic rings. The van der Waals surface area contributed by atoms with Crippen molar-refractivity contribution in [3.05, 3.63) is 83.9 Å². The van der Waals surface area contributed by atoms with Crippen molar-refractivity contribution in [3.8, 4) is 0 Å². The molecule has 1 N–H and O–H groups in total. The van der Waals surface area contributed by atoms with Gasteiger partial charge in [-0.05, 0) is 54.0 Å². The molecule has 30 heavy (non-hydrogen) atoms. The van der Waals surface area contributed by atoms with E-state index in [0.29, 0.717) is 0 Å². The molecule has 0 bridgehead atoms. The molecule has 1 heterocycles. The van der Waals surface area contributed by atoms with Crippen molar-refractivity contribution in [2.24, 2.45) is 0 Å². The van der Waals surface area contributed by atoms with Gasteiger partial charge >= 0.3 is 6.03 Å². The Kier molecular flexibility index (Phi) is 6.15. The van der Waals surface area contributed by atoms with Crippen LogP contribution in [0.1, 0.15) is 18.1 Å². The molecule has 0 radical (unpaired) electrons. The lowest BCUT2D eigenvalue weighted by Crippen LogP contribution is -2.49. The SMILES string of the molecule is C/C(=C\CN1CCN(C(=O)Nc2ccc(C)cc2)CC1)c1ccc2ccccc2c1. The van der Waals surface area contributed by atoms with Crippen LogP contribution in [0, 0.1) is 6.92 Å². The van der Waals surface area contributed by atoms with Crippen molar-refractivity contribution in [3.63, 3.8) is 0 Å². The minimum absolute atomic E-state index is 0.0126. The van der Waals surface area contributed by atoms with Crippen LogP contribution in [0.15, 0.2) is 72.8 Å². The summed E-state index contributed by atoms with van der Waals surface area (Å²) in [6, 6.07) is 23.0. The molecule has 0 unspecified atom stereocenters. The van der Waals surface area contributed by atoms with Gasteiger partial charge in [0, 0.05) is 38.4 Å². The third kappa shape index (κ3) is 4.89. The normalized spacial score (nSPS) is 15.4. The first-order valence-electron chi connectivity index (χ1n) is 10.6. The number of nitrogens with one attached hydrogen (secondary N) is 1. The van der Waals surface area contributed by atoms with Crippen LogP contribution in [0.25, 0.3) is 16.3 Å². The first-order chi connectivity index (χ1) is 14.6. The predicted octanol–water partition coefficient (Wildman–Crippen LogP) is 5.40. The van der Waals surface area contributed by atoms with E-state index >= 15 is 0 Å². The molecule has 4 rings (SSSR count). The summed E-state index contributed by atoms with van der Waals surface area (Å²) in [5.41, 5.74) is 4.60. The van der Waals surface area contributed by atoms with Gasteiger partial charge in [-0.2, -0.15) is 0 Å².